The van der Waals surface area contributed by atoms with Crippen LogP contribution in [0.15, 0.2) is 48.5 Å². The molecule has 0 fully saturated rings. The third-order valence-corrected chi connectivity index (χ3v) is 2.32. The molecular formula is C13H14N2O2. The van der Waals surface area contributed by atoms with Crippen molar-refractivity contribution in [3.63, 3.8) is 0 Å². The first-order chi connectivity index (χ1) is 8.31. The molecule has 0 aromatic heterocycles. The van der Waals surface area contributed by atoms with E-state index in [9.17, 15) is 0 Å². The molecule has 2 aromatic rings. The number of hydrogen-bond donors (Lipinski definition) is 2. The zero-order chi connectivity index (χ0) is 12.1. The highest BCUT2D eigenvalue weighted by molar-refractivity contribution is 5.46. The van der Waals surface area contributed by atoms with E-state index in [0.717, 1.165) is 22.9 Å². The first kappa shape index (κ1) is 11.3. The van der Waals surface area contributed by atoms with Crippen LogP contribution in [0.1, 0.15) is 0 Å². The van der Waals surface area contributed by atoms with Crippen molar-refractivity contribution in [3.8, 4) is 17.2 Å². The Morgan fingerprint density at radius 2 is 1.29 bits per heavy atom. The Kier molecular flexibility index (Phi) is 3.47. The van der Waals surface area contributed by atoms with Crippen molar-refractivity contribution >= 4 is 5.69 Å². The van der Waals surface area contributed by atoms with Gasteiger partial charge in [0.25, 0.3) is 0 Å². The minimum Gasteiger partial charge on any atom is -0.497 e. The summed E-state index contributed by atoms with van der Waals surface area (Å²) >= 11 is 0. The summed E-state index contributed by atoms with van der Waals surface area (Å²) in [6.07, 6.45) is 0. The van der Waals surface area contributed by atoms with Crippen molar-refractivity contribution in [3.05, 3.63) is 48.5 Å². The molecular weight excluding hydrogens is 216 g/mol. The Hall–Kier alpha value is -2.20. The van der Waals surface area contributed by atoms with Crippen LogP contribution in [-0.2, 0) is 0 Å². The predicted molar refractivity (Wildman–Crippen MR) is 67.3 cm³/mol. The molecule has 0 saturated carbocycles. The largest absolute Gasteiger partial charge is 0.497 e. The van der Waals surface area contributed by atoms with E-state index >= 15 is 0 Å². The van der Waals surface area contributed by atoms with Crippen LogP contribution in [0, 0.1) is 0 Å². The van der Waals surface area contributed by atoms with Crippen LogP contribution in [0.2, 0.25) is 0 Å². The molecule has 0 aliphatic carbocycles. The molecule has 3 N–H and O–H groups in total. The smallest absolute Gasteiger partial charge is 0.127 e. The lowest BCUT2D eigenvalue weighted by Gasteiger charge is -2.07. The van der Waals surface area contributed by atoms with E-state index in [-0.39, 0.29) is 0 Å². The summed E-state index contributed by atoms with van der Waals surface area (Å²) in [6.45, 7) is 0. The highest BCUT2D eigenvalue weighted by Crippen LogP contribution is 2.24. The Balaban J connectivity index is 2.08. The summed E-state index contributed by atoms with van der Waals surface area (Å²) in [5.74, 6) is 7.61. The van der Waals surface area contributed by atoms with Gasteiger partial charge in [0, 0.05) is 5.69 Å². The molecule has 0 unspecified atom stereocenters. The summed E-state index contributed by atoms with van der Waals surface area (Å²) in [5.41, 5.74) is 3.40. The Bertz CT molecular complexity index is 420. The Morgan fingerprint density at radius 3 is 1.76 bits per heavy atom. The molecule has 0 heterocycles. The highest BCUT2D eigenvalue weighted by Gasteiger charge is 1.98. The molecule has 2 rings (SSSR count). The van der Waals surface area contributed by atoms with Crippen LogP contribution in [0.5, 0.6) is 17.2 Å². The number of ether oxygens (including phenoxy) is 2. The Morgan fingerprint density at radius 1 is 0.824 bits per heavy atom. The first-order valence-electron chi connectivity index (χ1n) is 5.20. The zero-order valence-corrected chi connectivity index (χ0v) is 9.51. The number of anilines is 1. The number of nitrogens with one attached hydrogen (secondary N) is 1. The number of nitrogens with two attached hydrogens (primary N) is 1. The first-order valence-corrected chi connectivity index (χ1v) is 5.20. The lowest BCUT2D eigenvalue weighted by atomic mass is 10.3. The molecule has 0 aliphatic heterocycles. The van der Waals surface area contributed by atoms with E-state index in [2.05, 4.69) is 5.43 Å². The maximum atomic E-state index is 5.65. The summed E-state index contributed by atoms with van der Waals surface area (Å²) in [4.78, 5) is 0. The fourth-order valence-corrected chi connectivity index (χ4v) is 1.40. The van der Waals surface area contributed by atoms with Crippen molar-refractivity contribution in [1.82, 2.24) is 0 Å². The number of methoxy groups -OCH3 is 1. The number of hydrogen-bond acceptors (Lipinski definition) is 4. The van der Waals surface area contributed by atoms with Crippen LogP contribution < -0.4 is 20.7 Å². The van der Waals surface area contributed by atoms with E-state index in [1.807, 2.05) is 48.5 Å². The molecule has 0 radical (unpaired) electrons. The van der Waals surface area contributed by atoms with Crippen LogP contribution in [0.4, 0.5) is 5.69 Å². The van der Waals surface area contributed by atoms with Crippen molar-refractivity contribution in [2.75, 3.05) is 12.5 Å². The van der Waals surface area contributed by atoms with Gasteiger partial charge in [-0.2, -0.15) is 0 Å². The zero-order valence-electron chi connectivity index (χ0n) is 9.51. The lowest BCUT2D eigenvalue weighted by Crippen LogP contribution is -2.05. The van der Waals surface area contributed by atoms with Gasteiger partial charge in [0.15, 0.2) is 0 Å². The van der Waals surface area contributed by atoms with Gasteiger partial charge in [0.2, 0.25) is 0 Å². The van der Waals surface area contributed by atoms with Gasteiger partial charge in [-0.05, 0) is 48.5 Å². The minimum atomic E-state index is 0.758. The fraction of sp³-hybridized carbons (Fsp3) is 0.0769. The molecule has 4 nitrogen and oxygen atoms in total. The summed E-state index contributed by atoms with van der Waals surface area (Å²) in [7, 11) is 1.63. The average molecular weight is 230 g/mol. The number of hydrazine groups is 1. The van der Waals surface area contributed by atoms with E-state index in [1.165, 1.54) is 0 Å². The van der Waals surface area contributed by atoms with Crippen LogP contribution in [0.25, 0.3) is 0 Å². The van der Waals surface area contributed by atoms with Crippen LogP contribution in [0.3, 0.4) is 0 Å². The van der Waals surface area contributed by atoms with Gasteiger partial charge in [-0.15, -0.1) is 0 Å². The summed E-state index contributed by atoms with van der Waals surface area (Å²) in [6, 6.07) is 14.8. The highest BCUT2D eigenvalue weighted by atomic mass is 16.5. The maximum absolute atomic E-state index is 5.65. The third kappa shape index (κ3) is 2.89. The van der Waals surface area contributed by atoms with Crippen molar-refractivity contribution in [2.24, 2.45) is 5.84 Å². The summed E-state index contributed by atoms with van der Waals surface area (Å²) in [5, 5.41) is 0. The van der Waals surface area contributed by atoms with Gasteiger partial charge < -0.3 is 14.9 Å². The normalized spacial score (nSPS) is 9.76. The lowest BCUT2D eigenvalue weighted by molar-refractivity contribution is 0.413. The predicted octanol–water partition coefficient (Wildman–Crippen LogP) is 2.77. The van der Waals surface area contributed by atoms with Gasteiger partial charge >= 0.3 is 0 Å². The fourth-order valence-electron chi connectivity index (χ4n) is 1.40. The third-order valence-electron chi connectivity index (χ3n) is 2.32. The second-order valence-corrected chi connectivity index (χ2v) is 3.45. The van der Waals surface area contributed by atoms with Crippen molar-refractivity contribution in [2.45, 2.75) is 0 Å². The topological polar surface area (TPSA) is 56.5 Å². The van der Waals surface area contributed by atoms with Gasteiger partial charge in [-0.3, -0.25) is 5.84 Å². The average Bonchev–Trinajstić information content (AvgIpc) is 2.40. The Labute approximate surface area is 99.9 Å². The molecule has 4 heteroatoms. The van der Waals surface area contributed by atoms with Crippen molar-refractivity contribution < 1.29 is 9.47 Å². The molecule has 0 amide bonds. The molecule has 2 aromatic carbocycles. The van der Waals surface area contributed by atoms with Gasteiger partial charge in [0.1, 0.15) is 17.2 Å². The van der Waals surface area contributed by atoms with Crippen LogP contribution >= 0.6 is 0 Å². The van der Waals surface area contributed by atoms with Crippen molar-refractivity contribution in [1.29, 1.82) is 0 Å². The van der Waals surface area contributed by atoms with Gasteiger partial charge in [-0.1, -0.05) is 0 Å². The second-order valence-electron chi connectivity index (χ2n) is 3.45. The molecule has 17 heavy (non-hydrogen) atoms. The second kappa shape index (κ2) is 5.23. The standard InChI is InChI=1S/C13H14N2O2/c1-16-11-6-8-13(9-7-11)17-12-4-2-10(15-14)3-5-12/h2-9,15H,14H2,1H3. The molecule has 88 valence electrons. The van der Waals surface area contributed by atoms with E-state index < -0.39 is 0 Å². The number of nitrogen functional groups attached to an aromatic ring is 1. The van der Waals surface area contributed by atoms with Crippen LogP contribution in [-0.4, -0.2) is 7.11 Å². The molecule has 0 atom stereocenters. The number of benzene rings is 2. The van der Waals surface area contributed by atoms with E-state index in [0.29, 0.717) is 0 Å². The van der Waals surface area contributed by atoms with E-state index in [4.69, 9.17) is 15.3 Å². The molecule has 0 saturated heterocycles. The molecule has 0 bridgehead atoms. The van der Waals surface area contributed by atoms with Gasteiger partial charge in [0.05, 0.1) is 7.11 Å². The minimum absolute atomic E-state index is 0.758. The van der Waals surface area contributed by atoms with E-state index in [1.54, 1.807) is 7.11 Å². The maximum Gasteiger partial charge on any atom is 0.127 e. The SMILES string of the molecule is COc1ccc(Oc2ccc(NN)cc2)cc1. The molecule has 0 spiro atoms. The molecule has 0 aliphatic rings. The van der Waals surface area contributed by atoms with Gasteiger partial charge in [-0.25, -0.2) is 0 Å². The quantitative estimate of drug-likeness (QED) is 0.626. The number of rotatable bonds is 4. The summed E-state index contributed by atoms with van der Waals surface area (Å²) < 4.78 is 10.7. The monoisotopic (exact) mass is 230 g/mol.